The quantitative estimate of drug-likeness (QED) is 0.851. The molecule has 0 bridgehead atoms. The molecule has 0 saturated heterocycles. The van der Waals surface area contributed by atoms with Crippen LogP contribution >= 0.6 is 0 Å². The molecule has 20 heavy (non-hydrogen) atoms. The largest absolute Gasteiger partial charge is 0.495 e. The average molecular weight is 276 g/mol. The topological polar surface area (TPSA) is 60.5 Å². The molecule has 2 aromatic rings. The SMILES string of the molecule is COc1ccccc1NC(=O)COc1cccnc1F. The molecule has 1 aromatic heterocycles. The maximum absolute atomic E-state index is 13.2. The monoisotopic (exact) mass is 276 g/mol. The van der Waals surface area contributed by atoms with Gasteiger partial charge in [-0.25, -0.2) is 4.98 Å². The van der Waals surface area contributed by atoms with Crippen molar-refractivity contribution in [2.45, 2.75) is 0 Å². The zero-order chi connectivity index (χ0) is 14.4. The number of pyridine rings is 1. The molecule has 0 aliphatic carbocycles. The normalized spacial score (nSPS) is 9.90. The number of hydrogen-bond donors (Lipinski definition) is 1. The summed E-state index contributed by atoms with van der Waals surface area (Å²) in [5.41, 5.74) is 0.523. The summed E-state index contributed by atoms with van der Waals surface area (Å²) < 4.78 is 23.4. The number of carbonyl (C=O) groups excluding carboxylic acids is 1. The summed E-state index contributed by atoms with van der Waals surface area (Å²) in [6.07, 6.45) is 1.30. The Morgan fingerprint density at radius 3 is 2.75 bits per heavy atom. The van der Waals surface area contributed by atoms with Crippen LogP contribution in [0.4, 0.5) is 10.1 Å². The van der Waals surface area contributed by atoms with Gasteiger partial charge in [0.2, 0.25) is 0 Å². The first kappa shape index (κ1) is 13.8. The Bertz CT molecular complexity index is 604. The van der Waals surface area contributed by atoms with Crippen molar-refractivity contribution in [2.75, 3.05) is 19.0 Å². The number of aromatic nitrogens is 1. The highest BCUT2D eigenvalue weighted by atomic mass is 19.1. The van der Waals surface area contributed by atoms with Crippen LogP contribution in [-0.2, 0) is 4.79 Å². The van der Waals surface area contributed by atoms with Gasteiger partial charge in [0.15, 0.2) is 12.4 Å². The first-order valence-corrected chi connectivity index (χ1v) is 5.87. The highest BCUT2D eigenvalue weighted by Gasteiger charge is 2.09. The molecule has 6 heteroatoms. The molecule has 0 radical (unpaired) electrons. The second-order valence-corrected chi connectivity index (χ2v) is 3.83. The second-order valence-electron chi connectivity index (χ2n) is 3.83. The molecule has 0 spiro atoms. The number of amides is 1. The third kappa shape index (κ3) is 3.44. The molecule has 104 valence electrons. The zero-order valence-corrected chi connectivity index (χ0v) is 10.8. The van der Waals surface area contributed by atoms with Crippen LogP contribution in [0.25, 0.3) is 0 Å². The molecule has 1 heterocycles. The van der Waals surface area contributed by atoms with Gasteiger partial charge < -0.3 is 14.8 Å². The van der Waals surface area contributed by atoms with Gasteiger partial charge in [-0.3, -0.25) is 4.79 Å². The number of halogens is 1. The molecular weight excluding hydrogens is 263 g/mol. The van der Waals surface area contributed by atoms with Crippen LogP contribution in [0.1, 0.15) is 0 Å². The van der Waals surface area contributed by atoms with Crippen molar-refractivity contribution < 1.29 is 18.7 Å². The summed E-state index contributed by atoms with van der Waals surface area (Å²) in [5, 5.41) is 2.62. The summed E-state index contributed by atoms with van der Waals surface area (Å²) in [4.78, 5) is 15.2. The van der Waals surface area contributed by atoms with Crippen LogP contribution in [0.15, 0.2) is 42.6 Å². The Hall–Kier alpha value is -2.63. The molecule has 1 aromatic carbocycles. The number of para-hydroxylation sites is 2. The van der Waals surface area contributed by atoms with Gasteiger partial charge in [0.05, 0.1) is 12.8 Å². The third-order valence-electron chi connectivity index (χ3n) is 2.46. The molecule has 1 amide bonds. The van der Waals surface area contributed by atoms with Gasteiger partial charge in [0, 0.05) is 6.20 Å². The van der Waals surface area contributed by atoms with Crippen molar-refractivity contribution >= 4 is 11.6 Å². The number of carbonyl (C=O) groups is 1. The van der Waals surface area contributed by atoms with E-state index >= 15 is 0 Å². The van der Waals surface area contributed by atoms with Crippen LogP contribution in [-0.4, -0.2) is 24.6 Å². The van der Waals surface area contributed by atoms with Crippen molar-refractivity contribution in [1.82, 2.24) is 4.98 Å². The van der Waals surface area contributed by atoms with Crippen LogP contribution in [0, 0.1) is 5.95 Å². The van der Waals surface area contributed by atoms with Gasteiger partial charge in [0.25, 0.3) is 11.9 Å². The third-order valence-corrected chi connectivity index (χ3v) is 2.46. The van der Waals surface area contributed by atoms with E-state index < -0.39 is 11.9 Å². The van der Waals surface area contributed by atoms with E-state index in [0.29, 0.717) is 11.4 Å². The number of benzene rings is 1. The van der Waals surface area contributed by atoms with Crippen molar-refractivity contribution in [2.24, 2.45) is 0 Å². The standard InChI is InChI=1S/C14H13FN2O3/c1-19-11-6-3-2-5-10(11)17-13(18)9-20-12-7-4-8-16-14(12)15/h2-8H,9H2,1H3,(H,17,18). The highest BCUT2D eigenvalue weighted by Crippen LogP contribution is 2.22. The van der Waals surface area contributed by atoms with Crippen molar-refractivity contribution in [3.05, 3.63) is 48.5 Å². The van der Waals surface area contributed by atoms with E-state index in [2.05, 4.69) is 10.3 Å². The smallest absolute Gasteiger partial charge is 0.262 e. The Morgan fingerprint density at radius 2 is 2.00 bits per heavy atom. The Labute approximate surface area is 115 Å². The molecule has 1 N–H and O–H groups in total. The highest BCUT2D eigenvalue weighted by molar-refractivity contribution is 5.93. The lowest BCUT2D eigenvalue weighted by Gasteiger charge is -2.10. The van der Waals surface area contributed by atoms with Crippen LogP contribution in [0.3, 0.4) is 0 Å². The molecule has 0 atom stereocenters. The van der Waals surface area contributed by atoms with E-state index in [4.69, 9.17) is 9.47 Å². The Kier molecular flexibility index (Phi) is 4.49. The fourth-order valence-electron chi connectivity index (χ4n) is 1.56. The van der Waals surface area contributed by atoms with Gasteiger partial charge in [-0.1, -0.05) is 12.1 Å². The van der Waals surface area contributed by atoms with Crippen LogP contribution in [0.5, 0.6) is 11.5 Å². The molecule has 5 nitrogen and oxygen atoms in total. The lowest BCUT2D eigenvalue weighted by molar-refractivity contribution is -0.118. The van der Waals surface area contributed by atoms with Crippen LogP contribution < -0.4 is 14.8 Å². The molecule has 0 saturated carbocycles. The number of rotatable bonds is 5. The lowest BCUT2D eigenvalue weighted by Crippen LogP contribution is -2.20. The predicted molar refractivity (Wildman–Crippen MR) is 71.3 cm³/mol. The Morgan fingerprint density at radius 1 is 1.25 bits per heavy atom. The molecule has 0 aliphatic heterocycles. The molecule has 0 fully saturated rings. The first-order chi connectivity index (χ1) is 9.70. The minimum Gasteiger partial charge on any atom is -0.495 e. The Balaban J connectivity index is 1.95. The van der Waals surface area contributed by atoms with E-state index in [-0.39, 0.29) is 12.4 Å². The zero-order valence-electron chi connectivity index (χ0n) is 10.8. The van der Waals surface area contributed by atoms with E-state index in [1.807, 2.05) is 0 Å². The van der Waals surface area contributed by atoms with Crippen molar-refractivity contribution in [3.63, 3.8) is 0 Å². The molecule has 2 rings (SSSR count). The van der Waals surface area contributed by atoms with E-state index in [0.717, 1.165) is 0 Å². The number of nitrogens with one attached hydrogen (secondary N) is 1. The predicted octanol–water partition coefficient (Wildman–Crippen LogP) is 2.25. The van der Waals surface area contributed by atoms with Gasteiger partial charge >= 0.3 is 0 Å². The van der Waals surface area contributed by atoms with Crippen molar-refractivity contribution in [1.29, 1.82) is 0 Å². The minimum absolute atomic E-state index is 0.0670. The number of ether oxygens (including phenoxy) is 2. The first-order valence-electron chi connectivity index (χ1n) is 5.87. The summed E-state index contributed by atoms with van der Waals surface area (Å²) in [7, 11) is 1.51. The number of hydrogen-bond acceptors (Lipinski definition) is 4. The number of nitrogens with zero attached hydrogens (tertiary/aromatic N) is 1. The van der Waals surface area contributed by atoms with Crippen LogP contribution in [0.2, 0.25) is 0 Å². The maximum Gasteiger partial charge on any atom is 0.262 e. The summed E-state index contributed by atoms with van der Waals surface area (Å²) >= 11 is 0. The lowest BCUT2D eigenvalue weighted by atomic mass is 10.3. The van der Waals surface area contributed by atoms with E-state index in [9.17, 15) is 9.18 Å². The summed E-state index contributed by atoms with van der Waals surface area (Å²) in [6, 6.07) is 9.89. The fraction of sp³-hybridized carbons (Fsp3) is 0.143. The van der Waals surface area contributed by atoms with E-state index in [1.165, 1.54) is 25.4 Å². The van der Waals surface area contributed by atoms with Gasteiger partial charge in [-0.2, -0.15) is 4.39 Å². The van der Waals surface area contributed by atoms with E-state index in [1.54, 1.807) is 24.3 Å². The number of methoxy groups -OCH3 is 1. The van der Waals surface area contributed by atoms with Gasteiger partial charge in [-0.05, 0) is 24.3 Å². The maximum atomic E-state index is 13.2. The second kappa shape index (κ2) is 6.51. The fourth-order valence-corrected chi connectivity index (χ4v) is 1.56. The number of anilines is 1. The van der Waals surface area contributed by atoms with Crippen molar-refractivity contribution in [3.8, 4) is 11.5 Å². The summed E-state index contributed by atoms with van der Waals surface area (Å²) in [6.45, 7) is -0.319. The average Bonchev–Trinajstić information content (AvgIpc) is 2.47. The molecule has 0 aliphatic rings. The summed E-state index contributed by atoms with van der Waals surface area (Å²) in [5.74, 6) is -0.702. The molecular formula is C14H13FN2O3. The molecule has 0 unspecified atom stereocenters. The van der Waals surface area contributed by atoms with Gasteiger partial charge in [-0.15, -0.1) is 0 Å². The minimum atomic E-state index is -0.752. The van der Waals surface area contributed by atoms with Gasteiger partial charge in [0.1, 0.15) is 5.75 Å².